The summed E-state index contributed by atoms with van der Waals surface area (Å²) < 4.78 is 0. The highest BCUT2D eigenvalue weighted by molar-refractivity contribution is 6.54. The van der Waals surface area contributed by atoms with Crippen LogP contribution in [0.5, 0.6) is 0 Å². The summed E-state index contributed by atoms with van der Waals surface area (Å²) in [7, 11) is 0. The summed E-state index contributed by atoms with van der Waals surface area (Å²) in [6.07, 6.45) is 0. The van der Waals surface area contributed by atoms with E-state index in [0.717, 1.165) is 5.56 Å². The minimum Gasteiger partial charge on any atom is -0.299 e. The van der Waals surface area contributed by atoms with Crippen LogP contribution in [-0.4, -0.2) is 11.7 Å². The van der Waals surface area contributed by atoms with Crippen molar-refractivity contribution in [2.75, 3.05) is 4.90 Å². The zero-order chi connectivity index (χ0) is 15.0. The van der Waals surface area contributed by atoms with Crippen molar-refractivity contribution in [3.63, 3.8) is 0 Å². The Hall–Kier alpha value is -2.64. The van der Waals surface area contributed by atoms with E-state index < -0.39 is 11.7 Å². The van der Waals surface area contributed by atoms with Gasteiger partial charge in [0.25, 0.3) is 11.7 Å². The highest BCUT2D eigenvalue weighted by Gasteiger charge is 2.37. The number of nitrogens with zero attached hydrogens (tertiary/aromatic N) is 2. The van der Waals surface area contributed by atoms with Crippen molar-refractivity contribution in [1.82, 2.24) is 0 Å². The Balaban J connectivity index is 1.98. The third-order valence-electron chi connectivity index (χ3n) is 3.36. The molecule has 21 heavy (non-hydrogen) atoms. The van der Waals surface area contributed by atoms with Gasteiger partial charge in [-0.15, -0.1) is 0 Å². The van der Waals surface area contributed by atoms with Crippen LogP contribution in [0.1, 0.15) is 21.5 Å². The molecule has 5 heteroatoms. The Morgan fingerprint density at radius 1 is 1.10 bits per heavy atom. The quantitative estimate of drug-likeness (QED) is 0.801. The van der Waals surface area contributed by atoms with E-state index in [1.54, 1.807) is 42.5 Å². The van der Waals surface area contributed by atoms with Crippen LogP contribution < -0.4 is 4.90 Å². The summed E-state index contributed by atoms with van der Waals surface area (Å²) in [5.74, 6) is -1.12. The number of rotatable bonds is 2. The molecule has 0 bridgehead atoms. The molecule has 4 nitrogen and oxygen atoms in total. The molecule has 0 unspecified atom stereocenters. The molecule has 102 valence electrons. The number of nitriles is 1. The first-order chi connectivity index (χ1) is 10.1. The van der Waals surface area contributed by atoms with Crippen LogP contribution >= 0.6 is 11.6 Å². The SMILES string of the molecule is N#Cc1ccc(CN2C(=O)C(=O)c3cccc(Cl)c32)cc1. The van der Waals surface area contributed by atoms with Gasteiger partial charge in [-0.3, -0.25) is 14.5 Å². The van der Waals surface area contributed by atoms with Gasteiger partial charge in [0.2, 0.25) is 0 Å². The summed E-state index contributed by atoms with van der Waals surface area (Å²) in [5, 5.41) is 9.15. The third kappa shape index (κ3) is 2.18. The van der Waals surface area contributed by atoms with E-state index in [9.17, 15) is 9.59 Å². The Morgan fingerprint density at radius 3 is 2.48 bits per heavy atom. The molecule has 0 saturated heterocycles. The van der Waals surface area contributed by atoms with Gasteiger partial charge in [-0.2, -0.15) is 5.26 Å². The van der Waals surface area contributed by atoms with E-state index in [4.69, 9.17) is 16.9 Å². The van der Waals surface area contributed by atoms with Crippen molar-refractivity contribution in [2.45, 2.75) is 6.54 Å². The lowest BCUT2D eigenvalue weighted by Crippen LogP contribution is -2.29. The highest BCUT2D eigenvalue weighted by Crippen LogP contribution is 2.36. The topological polar surface area (TPSA) is 61.2 Å². The summed E-state index contributed by atoms with van der Waals surface area (Å²) in [5.41, 5.74) is 2.16. The predicted molar refractivity (Wildman–Crippen MR) is 78.1 cm³/mol. The number of Topliss-reactive ketones (excluding diaryl/α,β-unsaturated/α-hetero) is 1. The second-order valence-electron chi connectivity index (χ2n) is 4.67. The molecule has 3 rings (SSSR count). The minimum atomic E-state index is -0.581. The van der Waals surface area contributed by atoms with E-state index >= 15 is 0 Å². The smallest absolute Gasteiger partial charge is 0.299 e. The van der Waals surface area contributed by atoms with Gasteiger partial charge >= 0.3 is 0 Å². The second-order valence-corrected chi connectivity index (χ2v) is 5.07. The average molecular weight is 297 g/mol. The number of hydrogen-bond acceptors (Lipinski definition) is 3. The van der Waals surface area contributed by atoms with Crippen LogP contribution in [0, 0.1) is 11.3 Å². The summed E-state index contributed by atoms with van der Waals surface area (Å²) >= 11 is 6.12. The Labute approximate surface area is 126 Å². The van der Waals surface area contributed by atoms with Crippen molar-refractivity contribution in [2.24, 2.45) is 0 Å². The molecule has 1 aliphatic rings. The maximum atomic E-state index is 12.1. The van der Waals surface area contributed by atoms with Crippen LogP contribution in [-0.2, 0) is 11.3 Å². The molecule has 2 aromatic rings. The maximum absolute atomic E-state index is 12.1. The second kappa shape index (κ2) is 5.04. The van der Waals surface area contributed by atoms with E-state index in [1.165, 1.54) is 4.90 Å². The molecule has 0 spiro atoms. The van der Waals surface area contributed by atoms with Crippen molar-refractivity contribution >= 4 is 29.0 Å². The lowest BCUT2D eigenvalue weighted by molar-refractivity contribution is -0.114. The van der Waals surface area contributed by atoms with E-state index in [1.807, 2.05) is 6.07 Å². The number of anilines is 1. The summed E-state index contributed by atoms with van der Waals surface area (Å²) in [6.45, 7) is 0.243. The minimum absolute atomic E-state index is 0.243. The fourth-order valence-corrected chi connectivity index (χ4v) is 2.61. The van der Waals surface area contributed by atoms with Gasteiger partial charge in [-0.25, -0.2) is 0 Å². The summed E-state index contributed by atoms with van der Waals surface area (Å²) in [4.78, 5) is 25.4. The van der Waals surface area contributed by atoms with Crippen LogP contribution in [0.25, 0.3) is 0 Å². The van der Waals surface area contributed by atoms with E-state index in [2.05, 4.69) is 0 Å². The monoisotopic (exact) mass is 296 g/mol. The van der Waals surface area contributed by atoms with Gasteiger partial charge in [0.05, 0.1) is 34.5 Å². The molecule has 0 aliphatic carbocycles. The Bertz CT molecular complexity index is 791. The number of fused-ring (bicyclic) bond motifs is 1. The van der Waals surface area contributed by atoms with Gasteiger partial charge in [0, 0.05) is 0 Å². The zero-order valence-corrected chi connectivity index (χ0v) is 11.6. The fraction of sp³-hybridized carbons (Fsp3) is 0.0625. The number of para-hydroxylation sites is 1. The molecule has 0 aromatic heterocycles. The number of halogens is 1. The standard InChI is InChI=1S/C16H9ClN2O2/c17-13-3-1-2-12-14(13)19(16(21)15(12)20)9-11-6-4-10(8-18)5-7-11/h1-7H,9H2. The number of ketones is 1. The molecule has 1 amide bonds. The van der Waals surface area contributed by atoms with Gasteiger partial charge in [0.1, 0.15) is 0 Å². The summed E-state index contributed by atoms with van der Waals surface area (Å²) in [6, 6.07) is 13.8. The van der Waals surface area contributed by atoms with Crippen molar-refractivity contribution in [1.29, 1.82) is 5.26 Å². The van der Waals surface area contributed by atoms with Crippen LogP contribution in [0.2, 0.25) is 5.02 Å². The molecule has 0 atom stereocenters. The maximum Gasteiger partial charge on any atom is 0.299 e. The van der Waals surface area contributed by atoms with Crippen LogP contribution in [0.15, 0.2) is 42.5 Å². The fourth-order valence-electron chi connectivity index (χ4n) is 2.33. The first-order valence-electron chi connectivity index (χ1n) is 6.25. The first kappa shape index (κ1) is 13.3. The van der Waals surface area contributed by atoms with E-state index in [-0.39, 0.29) is 6.54 Å². The lowest BCUT2D eigenvalue weighted by atomic mass is 10.1. The molecule has 2 aromatic carbocycles. The largest absolute Gasteiger partial charge is 0.299 e. The van der Waals surface area contributed by atoms with Crippen LogP contribution in [0.3, 0.4) is 0 Å². The van der Waals surface area contributed by atoms with Crippen molar-refractivity contribution < 1.29 is 9.59 Å². The zero-order valence-electron chi connectivity index (χ0n) is 10.8. The molecule has 0 N–H and O–H groups in total. The molecule has 0 fully saturated rings. The van der Waals surface area contributed by atoms with E-state index in [0.29, 0.717) is 21.8 Å². The van der Waals surface area contributed by atoms with Crippen molar-refractivity contribution in [3.8, 4) is 6.07 Å². The predicted octanol–water partition coefficient (Wildman–Crippen LogP) is 2.94. The molecular formula is C16H9ClN2O2. The molecule has 1 heterocycles. The number of carbonyl (C=O) groups excluding carboxylic acids is 2. The number of benzene rings is 2. The van der Waals surface area contributed by atoms with Gasteiger partial charge in [-0.1, -0.05) is 29.8 Å². The number of amides is 1. The number of hydrogen-bond donors (Lipinski definition) is 0. The Morgan fingerprint density at radius 2 is 1.81 bits per heavy atom. The third-order valence-corrected chi connectivity index (χ3v) is 3.67. The Kier molecular flexibility index (Phi) is 3.20. The van der Waals surface area contributed by atoms with Gasteiger partial charge < -0.3 is 0 Å². The highest BCUT2D eigenvalue weighted by atomic mass is 35.5. The molecule has 0 radical (unpaired) electrons. The lowest BCUT2D eigenvalue weighted by Gasteiger charge is -2.17. The molecular weight excluding hydrogens is 288 g/mol. The normalized spacial score (nSPS) is 13.2. The van der Waals surface area contributed by atoms with Crippen molar-refractivity contribution in [3.05, 3.63) is 64.2 Å². The first-order valence-corrected chi connectivity index (χ1v) is 6.63. The molecule has 0 saturated carbocycles. The number of carbonyl (C=O) groups is 2. The van der Waals surface area contributed by atoms with Gasteiger partial charge in [0.15, 0.2) is 0 Å². The van der Waals surface area contributed by atoms with Gasteiger partial charge in [-0.05, 0) is 29.8 Å². The molecule has 1 aliphatic heterocycles. The average Bonchev–Trinajstić information content (AvgIpc) is 2.74. The van der Waals surface area contributed by atoms with Crippen LogP contribution in [0.4, 0.5) is 5.69 Å².